The lowest BCUT2D eigenvalue weighted by molar-refractivity contribution is 0.0523. The molecule has 1 saturated heterocycles. The number of rotatable bonds is 3. The maximum absolute atomic E-state index is 12.5. The van der Waals surface area contributed by atoms with Crippen molar-refractivity contribution in [1.29, 1.82) is 0 Å². The van der Waals surface area contributed by atoms with Crippen molar-refractivity contribution in [3.8, 4) is 0 Å². The average Bonchev–Trinajstić information content (AvgIpc) is 3.10. The third-order valence-electron chi connectivity index (χ3n) is 3.40. The van der Waals surface area contributed by atoms with Crippen molar-refractivity contribution in [2.75, 3.05) is 24.8 Å². The number of esters is 1. The molecule has 0 atom stereocenters. The van der Waals surface area contributed by atoms with Crippen LogP contribution in [0.1, 0.15) is 17.3 Å². The number of hydrogen-bond donors (Lipinski definition) is 0. The summed E-state index contributed by atoms with van der Waals surface area (Å²) < 4.78 is 6.12. The molecule has 1 aliphatic heterocycles. The molecule has 0 aromatic carbocycles. The Labute approximate surface area is 146 Å². The summed E-state index contributed by atoms with van der Waals surface area (Å²) in [5, 5.41) is -0.0724. The van der Waals surface area contributed by atoms with E-state index in [4.69, 9.17) is 4.74 Å². The second kappa shape index (κ2) is 7.27. The van der Waals surface area contributed by atoms with Gasteiger partial charge in [-0.05, 0) is 30.8 Å². The number of amides is 1. The van der Waals surface area contributed by atoms with E-state index in [9.17, 15) is 14.4 Å². The van der Waals surface area contributed by atoms with Crippen molar-refractivity contribution >= 4 is 40.4 Å². The Bertz CT molecular complexity index is 846. The second-order valence-electron chi connectivity index (χ2n) is 4.93. The number of pyridine rings is 1. The zero-order valence-electron chi connectivity index (χ0n) is 12.9. The van der Waals surface area contributed by atoms with E-state index in [-0.39, 0.29) is 17.4 Å². The Morgan fingerprint density at radius 1 is 1.46 bits per heavy atom. The van der Waals surface area contributed by atoms with Crippen LogP contribution in [0.4, 0.5) is 4.79 Å². The van der Waals surface area contributed by atoms with Crippen molar-refractivity contribution < 1.29 is 14.3 Å². The summed E-state index contributed by atoms with van der Waals surface area (Å²) >= 11 is 2.75. The second-order valence-corrected chi connectivity index (χ2v) is 7.00. The van der Waals surface area contributed by atoms with Crippen LogP contribution in [-0.4, -0.2) is 50.3 Å². The van der Waals surface area contributed by atoms with Crippen molar-refractivity contribution in [1.82, 2.24) is 14.3 Å². The summed E-state index contributed by atoms with van der Waals surface area (Å²) in [6.45, 7) is 2.57. The fraction of sp³-hybridized carbons (Fsp3) is 0.333. The third-order valence-corrected chi connectivity index (χ3v) is 5.34. The summed E-state index contributed by atoms with van der Waals surface area (Å²) in [5.74, 6) is 0.909. The van der Waals surface area contributed by atoms with Crippen LogP contribution >= 0.6 is 23.5 Å². The molecular weight excluding hydrogens is 350 g/mol. The molecule has 3 rings (SSSR count). The van der Waals surface area contributed by atoms with Gasteiger partial charge >= 0.3 is 5.97 Å². The van der Waals surface area contributed by atoms with Crippen LogP contribution in [0.25, 0.3) is 5.65 Å². The molecule has 7 nitrogen and oxygen atoms in total. The summed E-state index contributed by atoms with van der Waals surface area (Å²) in [6, 6.07) is 3.39. The van der Waals surface area contributed by atoms with E-state index in [0.717, 1.165) is 24.1 Å². The number of fused-ring (bicyclic) bond motifs is 1. The van der Waals surface area contributed by atoms with Crippen LogP contribution in [0.2, 0.25) is 0 Å². The number of ether oxygens (including phenoxy) is 1. The lowest BCUT2D eigenvalue weighted by Crippen LogP contribution is -2.25. The van der Waals surface area contributed by atoms with Gasteiger partial charge in [-0.3, -0.25) is 14.0 Å². The van der Waals surface area contributed by atoms with Gasteiger partial charge in [0.25, 0.3) is 10.8 Å². The molecule has 9 heteroatoms. The molecular formula is C15H15N3O4S2. The molecule has 3 heterocycles. The minimum atomic E-state index is -0.701. The Balaban J connectivity index is 1.96. The molecule has 0 spiro atoms. The number of nitrogens with zero attached hydrogens (tertiary/aromatic N) is 3. The first-order valence-electron chi connectivity index (χ1n) is 7.34. The minimum absolute atomic E-state index is 0.0724. The van der Waals surface area contributed by atoms with Crippen molar-refractivity contribution in [2.24, 2.45) is 0 Å². The van der Waals surface area contributed by atoms with Crippen molar-refractivity contribution in [3.05, 3.63) is 40.4 Å². The SMILES string of the molecule is CCOC(=O)c1cnc2c(SC(=O)N3CCSC3)cccn2c1=O. The summed E-state index contributed by atoms with van der Waals surface area (Å²) in [5.41, 5.74) is -0.287. The summed E-state index contributed by atoms with van der Waals surface area (Å²) in [7, 11) is 0. The first kappa shape index (κ1) is 16.8. The van der Waals surface area contributed by atoms with Gasteiger partial charge in [0.15, 0.2) is 5.65 Å². The van der Waals surface area contributed by atoms with Gasteiger partial charge < -0.3 is 9.64 Å². The molecule has 0 radical (unpaired) electrons. The molecule has 24 heavy (non-hydrogen) atoms. The molecule has 1 fully saturated rings. The van der Waals surface area contributed by atoms with Crippen LogP contribution in [-0.2, 0) is 4.74 Å². The van der Waals surface area contributed by atoms with E-state index < -0.39 is 11.5 Å². The van der Waals surface area contributed by atoms with E-state index in [1.54, 1.807) is 35.7 Å². The zero-order valence-corrected chi connectivity index (χ0v) is 14.6. The van der Waals surface area contributed by atoms with Crippen LogP contribution in [0.5, 0.6) is 0 Å². The van der Waals surface area contributed by atoms with Crippen LogP contribution in [0.3, 0.4) is 0 Å². The van der Waals surface area contributed by atoms with E-state index in [0.29, 0.717) is 16.4 Å². The first-order chi connectivity index (χ1) is 11.6. The van der Waals surface area contributed by atoms with Crippen LogP contribution in [0, 0.1) is 0 Å². The van der Waals surface area contributed by atoms with E-state index in [1.807, 2.05) is 0 Å². The number of carbonyl (C=O) groups excluding carboxylic acids is 2. The lowest BCUT2D eigenvalue weighted by Gasteiger charge is -2.14. The van der Waals surface area contributed by atoms with Gasteiger partial charge in [-0.2, -0.15) is 0 Å². The van der Waals surface area contributed by atoms with Gasteiger partial charge in [0.05, 0.1) is 17.4 Å². The van der Waals surface area contributed by atoms with E-state index in [1.165, 1.54) is 16.8 Å². The van der Waals surface area contributed by atoms with Gasteiger partial charge in [0.2, 0.25) is 0 Å². The molecule has 1 amide bonds. The molecule has 126 valence electrons. The summed E-state index contributed by atoms with van der Waals surface area (Å²) in [4.78, 5) is 43.1. The largest absolute Gasteiger partial charge is 0.462 e. The Morgan fingerprint density at radius 3 is 3.00 bits per heavy atom. The zero-order chi connectivity index (χ0) is 17.1. The minimum Gasteiger partial charge on any atom is -0.462 e. The smallest absolute Gasteiger partial charge is 0.345 e. The predicted molar refractivity (Wildman–Crippen MR) is 92.7 cm³/mol. The molecule has 2 aromatic heterocycles. The van der Waals surface area contributed by atoms with Crippen LogP contribution < -0.4 is 5.56 Å². The molecule has 0 N–H and O–H groups in total. The highest BCUT2D eigenvalue weighted by molar-refractivity contribution is 8.13. The Morgan fingerprint density at radius 2 is 2.29 bits per heavy atom. The Kier molecular flexibility index (Phi) is 5.10. The number of hydrogen-bond acceptors (Lipinski definition) is 7. The topological polar surface area (TPSA) is 81.0 Å². The normalized spacial score (nSPS) is 14.1. The maximum Gasteiger partial charge on any atom is 0.345 e. The lowest BCUT2D eigenvalue weighted by atomic mass is 10.3. The van der Waals surface area contributed by atoms with Crippen LogP contribution in [0.15, 0.2) is 34.2 Å². The van der Waals surface area contributed by atoms with Gasteiger partial charge in [0, 0.05) is 24.7 Å². The van der Waals surface area contributed by atoms with Gasteiger partial charge in [-0.1, -0.05) is 0 Å². The monoisotopic (exact) mass is 365 g/mol. The molecule has 1 aliphatic rings. The molecule has 0 unspecified atom stereocenters. The van der Waals surface area contributed by atoms with Gasteiger partial charge in [0.1, 0.15) is 5.56 Å². The molecule has 0 aliphatic carbocycles. The fourth-order valence-corrected chi connectivity index (χ4v) is 4.11. The predicted octanol–water partition coefficient (Wildman–Crippen LogP) is 2.09. The average molecular weight is 365 g/mol. The highest BCUT2D eigenvalue weighted by atomic mass is 32.2. The van der Waals surface area contributed by atoms with Crippen molar-refractivity contribution in [2.45, 2.75) is 11.8 Å². The maximum atomic E-state index is 12.5. The van der Waals surface area contributed by atoms with Gasteiger partial charge in [-0.25, -0.2) is 9.78 Å². The first-order valence-corrected chi connectivity index (χ1v) is 9.31. The number of aromatic nitrogens is 2. The van der Waals surface area contributed by atoms with Gasteiger partial charge in [-0.15, -0.1) is 11.8 Å². The highest BCUT2D eigenvalue weighted by Gasteiger charge is 2.21. The quantitative estimate of drug-likeness (QED) is 0.608. The van der Waals surface area contributed by atoms with Crippen molar-refractivity contribution in [3.63, 3.8) is 0 Å². The molecule has 0 bridgehead atoms. The fourth-order valence-electron chi connectivity index (χ4n) is 2.23. The Hall–Kier alpha value is -2.00. The number of thioether (sulfide) groups is 2. The number of carbonyl (C=O) groups is 2. The molecule has 2 aromatic rings. The standard InChI is InChI=1S/C15H15N3O4S2/c1-2-22-14(20)10-8-16-12-11(4-3-5-18(12)13(10)19)24-15(21)17-6-7-23-9-17/h3-5,8H,2,6-7,9H2,1H3. The van der Waals surface area contributed by atoms with E-state index >= 15 is 0 Å². The molecule has 0 saturated carbocycles. The van der Waals surface area contributed by atoms with E-state index in [2.05, 4.69) is 4.98 Å². The third kappa shape index (κ3) is 3.27. The highest BCUT2D eigenvalue weighted by Crippen LogP contribution is 2.27. The summed E-state index contributed by atoms with van der Waals surface area (Å²) in [6.07, 6.45) is 2.73.